The van der Waals surface area contributed by atoms with Gasteiger partial charge in [0.25, 0.3) is 11.6 Å². The number of para-hydroxylation sites is 1. The van der Waals surface area contributed by atoms with Crippen molar-refractivity contribution in [1.29, 1.82) is 0 Å². The van der Waals surface area contributed by atoms with Crippen LogP contribution in [0.15, 0.2) is 60.7 Å². The Kier molecular flexibility index (Phi) is 7.09. The molecule has 33 heavy (non-hydrogen) atoms. The van der Waals surface area contributed by atoms with Crippen molar-refractivity contribution in [3.05, 3.63) is 104 Å². The van der Waals surface area contributed by atoms with Crippen LogP contribution < -0.4 is 5.32 Å². The molecule has 0 unspecified atom stereocenters. The standard InChI is InChI=1S/C22H13ClF2N2O6/c23-17-10-13(27(31)32)6-8-14(17)21(29)26-19-4-2-1-3-16(19)22(30)33-11-20(28)15-7-5-12(24)9-18(15)25/h1-10H,11H2,(H,26,29). The number of amides is 1. The molecule has 0 fully saturated rings. The third-order valence-electron chi connectivity index (χ3n) is 4.37. The third-order valence-corrected chi connectivity index (χ3v) is 4.68. The van der Waals surface area contributed by atoms with Crippen LogP contribution in [0.2, 0.25) is 5.02 Å². The van der Waals surface area contributed by atoms with E-state index in [0.29, 0.717) is 6.07 Å². The van der Waals surface area contributed by atoms with Crippen molar-refractivity contribution in [2.45, 2.75) is 0 Å². The lowest BCUT2D eigenvalue weighted by Crippen LogP contribution is -2.19. The van der Waals surface area contributed by atoms with Crippen LogP contribution in [-0.4, -0.2) is 29.2 Å². The Bertz CT molecular complexity index is 1280. The number of hydrogen-bond donors (Lipinski definition) is 1. The van der Waals surface area contributed by atoms with Gasteiger partial charge in [0, 0.05) is 18.2 Å². The molecule has 168 valence electrons. The molecule has 1 N–H and O–H groups in total. The molecule has 3 rings (SSSR count). The Labute approximate surface area is 189 Å². The number of benzene rings is 3. The molecular weight excluding hydrogens is 462 g/mol. The number of rotatable bonds is 7. The number of ether oxygens (including phenoxy) is 1. The number of nitrogens with zero attached hydrogens (tertiary/aromatic N) is 1. The molecule has 0 bridgehead atoms. The van der Waals surface area contributed by atoms with Gasteiger partial charge in [0.15, 0.2) is 6.61 Å². The molecule has 0 heterocycles. The molecule has 0 aromatic heterocycles. The van der Waals surface area contributed by atoms with E-state index in [-0.39, 0.29) is 27.5 Å². The summed E-state index contributed by atoms with van der Waals surface area (Å²) in [6.45, 7) is -0.822. The van der Waals surface area contributed by atoms with Crippen molar-refractivity contribution in [3.63, 3.8) is 0 Å². The molecule has 3 aromatic rings. The normalized spacial score (nSPS) is 10.4. The highest BCUT2D eigenvalue weighted by Crippen LogP contribution is 2.24. The Morgan fingerprint density at radius 3 is 2.33 bits per heavy atom. The number of non-ortho nitro benzene ring substituents is 1. The molecule has 0 aliphatic heterocycles. The lowest BCUT2D eigenvalue weighted by molar-refractivity contribution is -0.384. The van der Waals surface area contributed by atoms with E-state index in [0.717, 1.165) is 30.3 Å². The van der Waals surface area contributed by atoms with Crippen molar-refractivity contribution < 1.29 is 32.8 Å². The summed E-state index contributed by atoms with van der Waals surface area (Å²) in [6.07, 6.45) is 0. The molecular formula is C22H13ClF2N2O6. The number of hydrogen-bond acceptors (Lipinski definition) is 6. The topological polar surface area (TPSA) is 116 Å². The van der Waals surface area contributed by atoms with Gasteiger partial charge in [0.2, 0.25) is 5.78 Å². The summed E-state index contributed by atoms with van der Waals surface area (Å²) in [7, 11) is 0. The smallest absolute Gasteiger partial charge is 0.340 e. The van der Waals surface area contributed by atoms with Gasteiger partial charge in [-0.25, -0.2) is 13.6 Å². The zero-order valence-corrected chi connectivity index (χ0v) is 17.3. The van der Waals surface area contributed by atoms with Crippen molar-refractivity contribution in [1.82, 2.24) is 0 Å². The first-order valence-electron chi connectivity index (χ1n) is 9.17. The summed E-state index contributed by atoms with van der Waals surface area (Å²) >= 11 is 5.95. The van der Waals surface area contributed by atoms with Crippen LogP contribution in [0.3, 0.4) is 0 Å². The highest BCUT2D eigenvalue weighted by atomic mass is 35.5. The van der Waals surface area contributed by atoms with E-state index in [2.05, 4.69) is 5.32 Å². The lowest BCUT2D eigenvalue weighted by atomic mass is 10.1. The number of carbonyl (C=O) groups excluding carboxylic acids is 3. The summed E-state index contributed by atoms with van der Waals surface area (Å²) in [6, 6.07) is 11.3. The maximum atomic E-state index is 13.7. The minimum Gasteiger partial charge on any atom is -0.454 e. The molecule has 0 atom stereocenters. The van der Waals surface area contributed by atoms with E-state index in [1.54, 1.807) is 0 Å². The first-order valence-corrected chi connectivity index (χ1v) is 9.55. The van der Waals surface area contributed by atoms with Gasteiger partial charge in [-0.2, -0.15) is 0 Å². The van der Waals surface area contributed by atoms with Gasteiger partial charge in [-0.15, -0.1) is 0 Å². The predicted octanol–water partition coefficient (Wildman–Crippen LogP) is 4.82. The Morgan fingerprint density at radius 1 is 0.970 bits per heavy atom. The van der Waals surface area contributed by atoms with Crippen LogP contribution in [0.5, 0.6) is 0 Å². The predicted molar refractivity (Wildman–Crippen MR) is 113 cm³/mol. The monoisotopic (exact) mass is 474 g/mol. The van der Waals surface area contributed by atoms with E-state index < -0.39 is 46.4 Å². The second kappa shape index (κ2) is 9.96. The molecule has 0 saturated carbocycles. The maximum Gasteiger partial charge on any atom is 0.340 e. The van der Waals surface area contributed by atoms with Gasteiger partial charge >= 0.3 is 5.97 Å². The molecule has 0 spiro atoms. The maximum absolute atomic E-state index is 13.7. The number of esters is 1. The minimum absolute atomic E-state index is 0.0160. The molecule has 0 radical (unpaired) electrons. The van der Waals surface area contributed by atoms with E-state index in [4.69, 9.17) is 16.3 Å². The molecule has 0 aliphatic carbocycles. The Hall–Kier alpha value is -4.18. The molecule has 0 saturated heterocycles. The number of ketones is 1. The number of Topliss-reactive ketones (excluding diaryl/α,β-unsaturated/α-hetero) is 1. The number of carbonyl (C=O) groups is 3. The van der Waals surface area contributed by atoms with Gasteiger partial charge in [-0.1, -0.05) is 23.7 Å². The number of nitro benzene ring substituents is 1. The highest BCUT2D eigenvalue weighted by Gasteiger charge is 2.20. The SMILES string of the molecule is O=C(COC(=O)c1ccccc1NC(=O)c1ccc([N+](=O)[O-])cc1Cl)c1ccc(F)cc1F. The van der Waals surface area contributed by atoms with Gasteiger partial charge in [-0.05, 0) is 30.3 Å². The second-order valence-electron chi connectivity index (χ2n) is 6.54. The van der Waals surface area contributed by atoms with Crippen LogP contribution in [-0.2, 0) is 4.74 Å². The molecule has 3 aromatic carbocycles. The third kappa shape index (κ3) is 5.55. The van der Waals surface area contributed by atoms with Crippen molar-refractivity contribution in [2.75, 3.05) is 11.9 Å². The molecule has 11 heteroatoms. The largest absolute Gasteiger partial charge is 0.454 e. The fourth-order valence-electron chi connectivity index (χ4n) is 2.76. The summed E-state index contributed by atoms with van der Waals surface area (Å²) in [4.78, 5) is 47.3. The van der Waals surface area contributed by atoms with Gasteiger partial charge in [0.05, 0.1) is 32.3 Å². The van der Waals surface area contributed by atoms with Crippen LogP contribution in [0, 0.1) is 21.7 Å². The number of halogens is 3. The summed E-state index contributed by atoms with van der Waals surface area (Å²) in [5.74, 6) is -4.58. The second-order valence-corrected chi connectivity index (χ2v) is 6.95. The first-order chi connectivity index (χ1) is 15.7. The van der Waals surface area contributed by atoms with E-state index in [1.165, 1.54) is 24.3 Å². The Morgan fingerprint density at radius 2 is 1.67 bits per heavy atom. The minimum atomic E-state index is -1.09. The van der Waals surface area contributed by atoms with Crippen molar-refractivity contribution in [3.8, 4) is 0 Å². The Balaban J connectivity index is 1.73. The fourth-order valence-corrected chi connectivity index (χ4v) is 3.02. The first kappa shape index (κ1) is 23.5. The van der Waals surface area contributed by atoms with Crippen molar-refractivity contribution >= 4 is 40.6 Å². The summed E-state index contributed by atoms with van der Waals surface area (Å²) in [5.41, 5.74) is -0.924. The number of nitrogens with one attached hydrogen (secondary N) is 1. The van der Waals surface area contributed by atoms with Crippen LogP contribution in [0.1, 0.15) is 31.1 Å². The highest BCUT2D eigenvalue weighted by molar-refractivity contribution is 6.34. The van der Waals surface area contributed by atoms with E-state index >= 15 is 0 Å². The van der Waals surface area contributed by atoms with E-state index in [1.807, 2.05) is 0 Å². The lowest BCUT2D eigenvalue weighted by Gasteiger charge is -2.11. The summed E-state index contributed by atoms with van der Waals surface area (Å²) in [5, 5.41) is 13.1. The van der Waals surface area contributed by atoms with Crippen LogP contribution >= 0.6 is 11.6 Å². The van der Waals surface area contributed by atoms with Gasteiger partial charge in [-0.3, -0.25) is 19.7 Å². The van der Waals surface area contributed by atoms with Gasteiger partial charge < -0.3 is 10.1 Å². The molecule has 1 amide bonds. The summed E-state index contributed by atoms with van der Waals surface area (Å²) < 4.78 is 31.6. The average Bonchev–Trinajstić information content (AvgIpc) is 2.77. The van der Waals surface area contributed by atoms with Crippen molar-refractivity contribution in [2.24, 2.45) is 0 Å². The number of nitro groups is 1. The number of anilines is 1. The zero-order chi connectivity index (χ0) is 24.1. The zero-order valence-electron chi connectivity index (χ0n) is 16.5. The quantitative estimate of drug-likeness (QED) is 0.227. The van der Waals surface area contributed by atoms with Gasteiger partial charge in [0.1, 0.15) is 11.6 Å². The van der Waals surface area contributed by atoms with Crippen LogP contribution in [0.25, 0.3) is 0 Å². The molecule has 8 nitrogen and oxygen atoms in total. The van der Waals surface area contributed by atoms with Crippen LogP contribution in [0.4, 0.5) is 20.2 Å². The average molecular weight is 475 g/mol. The fraction of sp³-hybridized carbons (Fsp3) is 0.0455. The molecule has 0 aliphatic rings. The van der Waals surface area contributed by atoms with E-state index in [9.17, 15) is 33.3 Å².